The van der Waals surface area contributed by atoms with E-state index in [0.717, 1.165) is 38.5 Å². The number of allylic oxidation sites excluding steroid dienone is 2. The van der Waals surface area contributed by atoms with Crippen LogP contribution in [0.25, 0.3) is 0 Å². The van der Waals surface area contributed by atoms with Gasteiger partial charge in [-0.15, -0.1) is 0 Å². The minimum atomic E-state index is -0.558. The Kier molecular flexibility index (Phi) is 5.66. The minimum absolute atomic E-state index is 0.0185. The molecule has 36 heavy (non-hydrogen) atoms. The Morgan fingerprint density at radius 2 is 1.69 bits per heavy atom. The van der Waals surface area contributed by atoms with Crippen LogP contribution in [-0.4, -0.2) is 11.7 Å². The number of hydrogen-bond acceptors (Lipinski definition) is 3. The quantitative estimate of drug-likeness (QED) is 0.333. The second-order valence-electron chi connectivity index (χ2n) is 15.2. The third kappa shape index (κ3) is 3.26. The van der Waals surface area contributed by atoms with Crippen LogP contribution in [0.4, 0.5) is 0 Å². The summed E-state index contributed by atoms with van der Waals surface area (Å²) in [6, 6.07) is 0. The summed E-state index contributed by atoms with van der Waals surface area (Å²) in [5.74, 6) is 1.14. The second-order valence-corrected chi connectivity index (χ2v) is 15.2. The van der Waals surface area contributed by atoms with Crippen molar-refractivity contribution >= 4 is 11.7 Å². The van der Waals surface area contributed by atoms with Crippen LogP contribution < -0.4 is 5.48 Å². The van der Waals surface area contributed by atoms with Gasteiger partial charge in [-0.25, -0.2) is 0 Å². The van der Waals surface area contributed by atoms with Gasteiger partial charge in [0.05, 0.1) is 5.41 Å². The van der Waals surface area contributed by atoms with Gasteiger partial charge in [-0.3, -0.25) is 9.59 Å². The lowest BCUT2D eigenvalue weighted by atomic mass is 9.33. The van der Waals surface area contributed by atoms with Gasteiger partial charge in [-0.05, 0) is 103 Å². The third-order valence-corrected chi connectivity index (χ3v) is 13.1. The first kappa shape index (κ1) is 25.9. The predicted molar refractivity (Wildman–Crippen MR) is 142 cm³/mol. The van der Waals surface area contributed by atoms with E-state index in [1.165, 1.54) is 31.3 Å². The van der Waals surface area contributed by atoms with Crippen molar-refractivity contribution in [2.24, 2.45) is 50.2 Å². The third-order valence-electron chi connectivity index (χ3n) is 13.1. The highest BCUT2D eigenvalue weighted by atomic mass is 16.6. The summed E-state index contributed by atoms with van der Waals surface area (Å²) in [6.07, 6.45) is 20.2. The molecule has 1 N–H and O–H groups in total. The van der Waals surface area contributed by atoms with E-state index in [1.54, 1.807) is 0 Å². The van der Waals surface area contributed by atoms with Crippen molar-refractivity contribution in [2.45, 2.75) is 113 Å². The standard InChI is InChI=1S/C32H47NO3/c1-9-36-33-26(35)29(5)16-15-28(4)17-18-31(7)21(22(28)20-29)19-23(34)25-30(6)13-10-12-27(2,3)24(30)11-14-32(25,31)8/h1,19,22,24-25H,10-18,20H2,2-8H3,(H,33,35)/t22-,24?,25-,28-,29?,30+,31-,32-/m1/s1. The summed E-state index contributed by atoms with van der Waals surface area (Å²) in [5.41, 5.74) is 3.67. The van der Waals surface area contributed by atoms with Gasteiger partial charge in [0.15, 0.2) is 5.78 Å². The molecule has 0 spiro atoms. The number of ketones is 1. The van der Waals surface area contributed by atoms with Crippen molar-refractivity contribution in [1.29, 1.82) is 0 Å². The van der Waals surface area contributed by atoms with Gasteiger partial charge in [-0.2, -0.15) is 5.48 Å². The number of hydroxylamine groups is 1. The molecule has 0 radical (unpaired) electrons. The van der Waals surface area contributed by atoms with E-state index >= 15 is 0 Å². The zero-order chi connectivity index (χ0) is 26.4. The Hall–Kier alpha value is -1.76. The molecule has 5 rings (SSSR count). The molecule has 0 aromatic rings. The molecule has 5 aliphatic rings. The van der Waals surface area contributed by atoms with Crippen LogP contribution in [0.3, 0.4) is 0 Å². The van der Waals surface area contributed by atoms with E-state index in [9.17, 15) is 9.59 Å². The Morgan fingerprint density at radius 1 is 1.00 bits per heavy atom. The van der Waals surface area contributed by atoms with E-state index in [4.69, 9.17) is 11.3 Å². The lowest BCUT2D eigenvalue weighted by molar-refractivity contribution is -0.185. The number of amides is 1. The average molecular weight is 494 g/mol. The number of terminal acetylenes is 1. The number of fused-ring (bicyclic) bond motifs is 7. The van der Waals surface area contributed by atoms with Crippen molar-refractivity contribution in [2.75, 3.05) is 0 Å². The molecule has 0 saturated heterocycles. The van der Waals surface area contributed by atoms with Crippen LogP contribution in [0.1, 0.15) is 113 Å². The summed E-state index contributed by atoms with van der Waals surface area (Å²) in [4.78, 5) is 32.3. The van der Waals surface area contributed by atoms with Crippen molar-refractivity contribution in [3.8, 4) is 12.5 Å². The fourth-order valence-electron chi connectivity index (χ4n) is 10.7. The summed E-state index contributed by atoms with van der Waals surface area (Å²) < 4.78 is 0. The SMILES string of the molecule is C#CONC(=O)C1(C)CC[C@]2(C)CC[C@]3(C)C(=CC(=O)[C@@H]4[C@@]5(C)CCCC(C)(C)C5CC[C@]43C)[C@H]2C1. The first-order chi connectivity index (χ1) is 16.7. The molecular formula is C32H47NO3. The Labute approximate surface area is 218 Å². The zero-order valence-electron chi connectivity index (χ0n) is 23.7. The number of carbonyl (C=O) groups excluding carboxylic acids is 2. The molecule has 4 heteroatoms. The summed E-state index contributed by atoms with van der Waals surface area (Å²) in [6.45, 7) is 16.7. The van der Waals surface area contributed by atoms with E-state index in [1.807, 2.05) is 6.92 Å². The fraction of sp³-hybridized carbons (Fsp3) is 0.812. The van der Waals surface area contributed by atoms with Crippen LogP contribution in [0.2, 0.25) is 0 Å². The van der Waals surface area contributed by atoms with Gasteiger partial charge in [0.1, 0.15) is 6.11 Å². The lowest BCUT2D eigenvalue weighted by Gasteiger charge is -2.70. The van der Waals surface area contributed by atoms with Crippen molar-refractivity contribution < 1.29 is 14.4 Å². The van der Waals surface area contributed by atoms with Gasteiger partial charge in [0.25, 0.3) is 5.91 Å². The largest absolute Gasteiger partial charge is 0.326 e. The molecular weight excluding hydrogens is 446 g/mol. The van der Waals surface area contributed by atoms with Crippen LogP contribution in [0, 0.1) is 62.8 Å². The maximum atomic E-state index is 14.3. The molecule has 4 saturated carbocycles. The molecule has 4 nitrogen and oxygen atoms in total. The second kappa shape index (κ2) is 7.87. The van der Waals surface area contributed by atoms with Gasteiger partial charge >= 0.3 is 0 Å². The smallest absolute Gasteiger partial charge is 0.259 e. The van der Waals surface area contributed by atoms with Crippen LogP contribution >= 0.6 is 0 Å². The average Bonchev–Trinajstić information content (AvgIpc) is 2.79. The Balaban J connectivity index is 1.57. The molecule has 0 aromatic heterocycles. The molecule has 1 amide bonds. The normalized spacial score (nSPS) is 49.2. The first-order valence-electron chi connectivity index (χ1n) is 14.3. The molecule has 0 aliphatic heterocycles. The molecule has 198 valence electrons. The molecule has 5 aliphatic carbocycles. The Morgan fingerprint density at radius 3 is 2.39 bits per heavy atom. The maximum absolute atomic E-state index is 14.3. The zero-order valence-corrected chi connectivity index (χ0v) is 23.7. The van der Waals surface area contributed by atoms with E-state index in [0.29, 0.717) is 17.1 Å². The van der Waals surface area contributed by atoms with Crippen LogP contribution in [-0.2, 0) is 14.4 Å². The van der Waals surface area contributed by atoms with Gasteiger partial charge in [0, 0.05) is 5.92 Å². The molecule has 4 fully saturated rings. The van der Waals surface area contributed by atoms with Crippen LogP contribution in [0.15, 0.2) is 11.6 Å². The monoisotopic (exact) mass is 493 g/mol. The number of hydrogen-bond donors (Lipinski definition) is 1. The van der Waals surface area contributed by atoms with Gasteiger partial charge in [-0.1, -0.05) is 66.9 Å². The number of nitrogens with one attached hydrogen (secondary N) is 1. The maximum Gasteiger partial charge on any atom is 0.259 e. The van der Waals surface area contributed by atoms with E-state index < -0.39 is 5.41 Å². The van der Waals surface area contributed by atoms with Crippen molar-refractivity contribution in [1.82, 2.24) is 5.48 Å². The number of carbonyl (C=O) groups is 2. The highest BCUT2D eigenvalue weighted by molar-refractivity contribution is 5.95. The highest BCUT2D eigenvalue weighted by Crippen LogP contribution is 2.75. The topological polar surface area (TPSA) is 55.4 Å². The van der Waals surface area contributed by atoms with Crippen molar-refractivity contribution in [3.05, 3.63) is 11.6 Å². The van der Waals surface area contributed by atoms with Crippen molar-refractivity contribution in [3.63, 3.8) is 0 Å². The van der Waals surface area contributed by atoms with Crippen LogP contribution in [0.5, 0.6) is 0 Å². The molecule has 2 unspecified atom stereocenters. The summed E-state index contributed by atoms with van der Waals surface area (Å²) in [5, 5.41) is 0. The van der Waals surface area contributed by atoms with Gasteiger partial charge in [0.2, 0.25) is 0 Å². The fourth-order valence-corrected chi connectivity index (χ4v) is 10.7. The van der Waals surface area contributed by atoms with E-state index in [-0.39, 0.29) is 39.4 Å². The van der Waals surface area contributed by atoms with E-state index in [2.05, 4.69) is 59.2 Å². The number of rotatable bonds is 2. The lowest BCUT2D eigenvalue weighted by Crippen LogP contribution is -2.65. The highest BCUT2D eigenvalue weighted by Gasteiger charge is 2.69. The molecule has 0 bridgehead atoms. The van der Waals surface area contributed by atoms with Gasteiger partial charge < -0.3 is 4.84 Å². The predicted octanol–water partition coefficient (Wildman–Crippen LogP) is 7.00. The minimum Gasteiger partial charge on any atom is -0.326 e. The Bertz CT molecular complexity index is 1050. The summed E-state index contributed by atoms with van der Waals surface area (Å²) in [7, 11) is 0. The summed E-state index contributed by atoms with van der Waals surface area (Å²) >= 11 is 0. The first-order valence-corrected chi connectivity index (χ1v) is 14.3. The molecule has 0 aromatic carbocycles. The molecule has 8 atom stereocenters. The molecule has 0 heterocycles.